The minimum atomic E-state index is -4.36. The van der Waals surface area contributed by atoms with Crippen molar-refractivity contribution in [2.75, 3.05) is 33.7 Å². The molecular formula is C36H51F3N4O5. The normalized spacial score (nSPS) is 16.8. The Bertz CT molecular complexity index is 1250. The zero-order valence-electron chi connectivity index (χ0n) is 28.3. The fourth-order valence-electron chi connectivity index (χ4n) is 5.91. The summed E-state index contributed by atoms with van der Waals surface area (Å²) < 4.78 is 38.2. The highest BCUT2D eigenvalue weighted by atomic mass is 19.4. The smallest absolute Gasteiger partial charge is 0.389 e. The number of amides is 3. The Morgan fingerprint density at radius 2 is 1.67 bits per heavy atom. The Morgan fingerprint density at radius 1 is 1.00 bits per heavy atom. The highest BCUT2D eigenvalue weighted by molar-refractivity contribution is 5.91. The van der Waals surface area contributed by atoms with Crippen LogP contribution in [-0.2, 0) is 20.8 Å². The summed E-state index contributed by atoms with van der Waals surface area (Å²) >= 11 is 0. The molecular weight excluding hydrogens is 625 g/mol. The Kier molecular flexibility index (Phi) is 17.5. The van der Waals surface area contributed by atoms with E-state index in [0.29, 0.717) is 6.42 Å². The molecule has 0 radical (unpaired) electrons. The zero-order valence-corrected chi connectivity index (χ0v) is 28.3. The van der Waals surface area contributed by atoms with E-state index in [1.807, 2.05) is 18.2 Å². The van der Waals surface area contributed by atoms with Crippen LogP contribution in [0.25, 0.3) is 0 Å². The maximum atomic E-state index is 13.8. The van der Waals surface area contributed by atoms with Crippen LogP contribution in [0, 0.1) is 36.0 Å². The van der Waals surface area contributed by atoms with Gasteiger partial charge >= 0.3 is 6.18 Å². The first-order chi connectivity index (χ1) is 22.7. The van der Waals surface area contributed by atoms with E-state index in [0.717, 1.165) is 42.6 Å². The molecule has 0 spiro atoms. The molecule has 48 heavy (non-hydrogen) atoms. The number of nitrogens with one attached hydrogen (secondary N) is 2. The number of aliphatic hydroxyl groups is 2. The van der Waals surface area contributed by atoms with Crippen molar-refractivity contribution < 1.29 is 37.8 Å². The lowest BCUT2D eigenvalue weighted by atomic mass is 9.82. The first kappa shape index (κ1) is 40.6. The van der Waals surface area contributed by atoms with Crippen molar-refractivity contribution in [2.45, 2.75) is 102 Å². The number of halogens is 3. The number of carbonyl (C=O) groups excluding carboxylic acids is 3. The van der Waals surface area contributed by atoms with Crippen molar-refractivity contribution in [2.24, 2.45) is 11.8 Å². The second-order valence-electron chi connectivity index (χ2n) is 12.8. The summed E-state index contributed by atoms with van der Waals surface area (Å²) in [5.41, 5.74) is 0.783. The highest BCUT2D eigenvalue weighted by Gasteiger charge is 2.34. The molecule has 1 fully saturated rings. The van der Waals surface area contributed by atoms with Gasteiger partial charge in [0.2, 0.25) is 17.7 Å². The van der Waals surface area contributed by atoms with Crippen molar-refractivity contribution in [3.8, 4) is 24.2 Å². The number of hydrogen-bond acceptors (Lipinski definition) is 6. The standard InChI is InChI=1S/C36H51F3N4O5/c1-5-7-19-29(35(48)41-30(33(46)31(44)14-6-2)23-27-17-12-9-13-18-27)40-34(47)28(22-26-15-10-8-11-16-26)24-32(45)43(4)21-20-42(3)25-36(37,38)39/h2,8,10-11,15-16,27-31,33,44,46H,9,12-14,17-25H2,1,3-4H3,(H,40,47)(H,41,48)/t28?,29-,30?,31?,33+/m0/s1. The molecule has 12 heteroatoms. The van der Waals surface area contributed by atoms with Crippen molar-refractivity contribution in [3.63, 3.8) is 0 Å². The Morgan fingerprint density at radius 3 is 2.27 bits per heavy atom. The first-order valence-electron chi connectivity index (χ1n) is 16.6. The van der Waals surface area contributed by atoms with Crippen molar-refractivity contribution in [1.82, 2.24) is 20.4 Å². The Balaban J connectivity index is 2.23. The number of nitrogens with zero attached hydrogens (tertiary/aromatic N) is 2. The summed E-state index contributed by atoms with van der Waals surface area (Å²) in [4.78, 5) is 43.0. The van der Waals surface area contributed by atoms with Gasteiger partial charge in [0.25, 0.3) is 0 Å². The quantitative estimate of drug-likeness (QED) is 0.177. The number of rotatable bonds is 18. The topological polar surface area (TPSA) is 122 Å². The third-order valence-electron chi connectivity index (χ3n) is 8.70. The predicted octanol–water partition coefficient (Wildman–Crippen LogP) is 3.29. The fraction of sp³-hybridized carbons (Fsp3) is 0.639. The lowest BCUT2D eigenvalue weighted by molar-refractivity contribution is -0.144. The van der Waals surface area contributed by atoms with Gasteiger partial charge in [0.1, 0.15) is 12.1 Å². The molecule has 1 aliphatic rings. The molecule has 3 unspecified atom stereocenters. The van der Waals surface area contributed by atoms with Gasteiger partial charge in [-0.2, -0.15) is 13.2 Å². The fourth-order valence-corrected chi connectivity index (χ4v) is 5.91. The average Bonchev–Trinajstić information content (AvgIpc) is 3.04. The van der Waals surface area contributed by atoms with E-state index in [9.17, 15) is 37.8 Å². The summed E-state index contributed by atoms with van der Waals surface area (Å²) in [6.07, 6.45) is 3.74. The van der Waals surface area contributed by atoms with Gasteiger partial charge in [0, 0.05) is 39.4 Å². The maximum absolute atomic E-state index is 13.8. The van der Waals surface area contributed by atoms with Gasteiger partial charge in [-0.1, -0.05) is 62.4 Å². The summed E-state index contributed by atoms with van der Waals surface area (Å²) in [6, 6.07) is 7.10. The highest BCUT2D eigenvalue weighted by Crippen LogP contribution is 2.29. The van der Waals surface area contributed by atoms with E-state index >= 15 is 0 Å². The van der Waals surface area contributed by atoms with Crippen LogP contribution in [0.1, 0.15) is 70.3 Å². The molecule has 266 valence electrons. The number of benzene rings is 1. The second-order valence-corrected chi connectivity index (χ2v) is 12.8. The summed E-state index contributed by atoms with van der Waals surface area (Å²) in [6.45, 7) is 0.499. The molecule has 0 aliphatic heterocycles. The van der Waals surface area contributed by atoms with Crippen LogP contribution >= 0.6 is 0 Å². The van der Waals surface area contributed by atoms with Gasteiger partial charge in [-0.3, -0.25) is 19.3 Å². The van der Waals surface area contributed by atoms with Crippen molar-refractivity contribution in [1.29, 1.82) is 0 Å². The van der Waals surface area contributed by atoms with E-state index in [-0.39, 0.29) is 44.7 Å². The molecule has 5 atom stereocenters. The van der Waals surface area contributed by atoms with Crippen LogP contribution in [0.3, 0.4) is 0 Å². The predicted molar refractivity (Wildman–Crippen MR) is 178 cm³/mol. The van der Waals surface area contributed by atoms with Crippen LogP contribution in [-0.4, -0.2) is 102 Å². The van der Waals surface area contributed by atoms with Gasteiger partial charge in [-0.05, 0) is 38.3 Å². The molecule has 0 bridgehead atoms. The van der Waals surface area contributed by atoms with Gasteiger partial charge in [-0.25, -0.2) is 0 Å². The van der Waals surface area contributed by atoms with Crippen LogP contribution < -0.4 is 10.6 Å². The minimum Gasteiger partial charge on any atom is -0.389 e. The van der Waals surface area contributed by atoms with Crippen LogP contribution in [0.15, 0.2) is 30.3 Å². The maximum Gasteiger partial charge on any atom is 0.401 e. The largest absolute Gasteiger partial charge is 0.401 e. The third-order valence-corrected chi connectivity index (χ3v) is 8.70. The van der Waals surface area contributed by atoms with Crippen LogP contribution in [0.4, 0.5) is 13.2 Å². The SMILES string of the molecule is C#CCC(O)[C@H](O)C(CC1CCCCC1)NC(=O)[C@H](CC#CC)NC(=O)C(CC(=O)N(C)CCN(C)CC(F)(F)F)Cc1ccccc1. The molecule has 1 aromatic rings. The molecule has 1 aliphatic carbocycles. The monoisotopic (exact) mass is 676 g/mol. The van der Waals surface area contributed by atoms with Crippen LogP contribution in [0.5, 0.6) is 0 Å². The third kappa shape index (κ3) is 15.1. The van der Waals surface area contributed by atoms with Crippen molar-refractivity contribution in [3.05, 3.63) is 35.9 Å². The average molecular weight is 677 g/mol. The zero-order chi connectivity index (χ0) is 35.7. The molecule has 1 aromatic carbocycles. The number of likely N-dealkylation sites (N-methyl/N-ethyl adjacent to an activating group) is 2. The lowest BCUT2D eigenvalue weighted by Crippen LogP contribution is -2.55. The number of aliphatic hydroxyl groups excluding tert-OH is 2. The van der Waals surface area contributed by atoms with E-state index in [1.54, 1.807) is 19.1 Å². The summed E-state index contributed by atoms with van der Waals surface area (Å²) in [5, 5.41) is 27.1. The molecule has 0 saturated heterocycles. The minimum absolute atomic E-state index is 0.0147. The number of terminal acetylenes is 1. The van der Waals surface area contributed by atoms with Gasteiger partial charge < -0.3 is 25.7 Å². The molecule has 3 amide bonds. The first-order valence-corrected chi connectivity index (χ1v) is 16.6. The Labute approximate surface area is 283 Å². The molecule has 9 nitrogen and oxygen atoms in total. The number of hydrogen-bond donors (Lipinski definition) is 4. The molecule has 2 rings (SSSR count). The van der Waals surface area contributed by atoms with Crippen molar-refractivity contribution >= 4 is 17.7 Å². The Hall–Kier alpha value is -3.58. The van der Waals surface area contributed by atoms with E-state index in [1.165, 1.54) is 19.0 Å². The van der Waals surface area contributed by atoms with E-state index < -0.39 is 60.7 Å². The van der Waals surface area contributed by atoms with E-state index in [4.69, 9.17) is 6.42 Å². The summed E-state index contributed by atoms with van der Waals surface area (Å²) in [7, 11) is 2.79. The molecule has 4 N–H and O–H groups in total. The molecule has 0 heterocycles. The second kappa shape index (κ2) is 20.7. The van der Waals surface area contributed by atoms with Gasteiger partial charge in [-0.15, -0.1) is 24.2 Å². The lowest BCUT2D eigenvalue weighted by Gasteiger charge is -2.33. The van der Waals surface area contributed by atoms with Gasteiger partial charge in [0.05, 0.1) is 24.6 Å². The van der Waals surface area contributed by atoms with E-state index in [2.05, 4.69) is 28.4 Å². The number of alkyl halides is 3. The number of carbonyl (C=O) groups is 3. The summed E-state index contributed by atoms with van der Waals surface area (Å²) in [5.74, 6) is 5.65. The molecule has 0 aromatic heterocycles. The van der Waals surface area contributed by atoms with Crippen LogP contribution in [0.2, 0.25) is 0 Å². The molecule has 1 saturated carbocycles. The van der Waals surface area contributed by atoms with Gasteiger partial charge in [0.15, 0.2) is 0 Å².